The van der Waals surface area contributed by atoms with Crippen molar-refractivity contribution in [2.75, 3.05) is 13.7 Å². The molecule has 0 aliphatic carbocycles. The van der Waals surface area contributed by atoms with E-state index in [2.05, 4.69) is 10.4 Å². The molecule has 0 spiro atoms. The minimum atomic E-state index is -0.595. The van der Waals surface area contributed by atoms with Gasteiger partial charge in [-0.2, -0.15) is 5.10 Å². The summed E-state index contributed by atoms with van der Waals surface area (Å²) in [6, 6.07) is 3.14. The zero-order valence-electron chi connectivity index (χ0n) is 12.4. The van der Waals surface area contributed by atoms with Gasteiger partial charge in [0.05, 0.1) is 19.3 Å². The van der Waals surface area contributed by atoms with Crippen LogP contribution in [0, 0.1) is 11.6 Å². The minimum Gasteiger partial charge on any atom is -0.493 e. The van der Waals surface area contributed by atoms with Gasteiger partial charge in [0, 0.05) is 18.7 Å². The summed E-state index contributed by atoms with van der Waals surface area (Å²) in [6.07, 6.45) is 2.47. The van der Waals surface area contributed by atoms with Crippen LogP contribution in [0.5, 0.6) is 5.75 Å². The second kappa shape index (κ2) is 6.67. The third kappa shape index (κ3) is 3.21. The molecule has 1 aromatic heterocycles. The van der Waals surface area contributed by atoms with Crippen molar-refractivity contribution in [2.45, 2.75) is 19.4 Å². The predicted molar refractivity (Wildman–Crippen MR) is 76.3 cm³/mol. The fourth-order valence-corrected chi connectivity index (χ4v) is 2.29. The summed E-state index contributed by atoms with van der Waals surface area (Å²) in [7, 11) is 3.30. The van der Waals surface area contributed by atoms with Gasteiger partial charge in [0.2, 0.25) is 0 Å². The first-order valence-electron chi connectivity index (χ1n) is 6.82. The van der Waals surface area contributed by atoms with E-state index in [4.69, 9.17) is 4.74 Å². The molecule has 4 nitrogen and oxygen atoms in total. The molecule has 1 atom stereocenters. The van der Waals surface area contributed by atoms with E-state index in [1.54, 1.807) is 25.0 Å². The highest BCUT2D eigenvalue weighted by atomic mass is 19.1. The lowest BCUT2D eigenvalue weighted by molar-refractivity contribution is 0.399. The number of halogens is 2. The Morgan fingerprint density at radius 1 is 1.38 bits per heavy atom. The minimum absolute atomic E-state index is 0.367. The summed E-state index contributed by atoms with van der Waals surface area (Å²) >= 11 is 0. The van der Waals surface area contributed by atoms with E-state index in [0.29, 0.717) is 23.6 Å². The summed E-state index contributed by atoms with van der Waals surface area (Å²) in [4.78, 5) is 0. The van der Waals surface area contributed by atoms with Gasteiger partial charge in [0.1, 0.15) is 17.3 Å². The molecule has 0 amide bonds. The summed E-state index contributed by atoms with van der Waals surface area (Å²) in [5.41, 5.74) is 1.07. The van der Waals surface area contributed by atoms with Crippen LogP contribution in [0.25, 0.3) is 0 Å². The number of benzene rings is 1. The molecule has 1 unspecified atom stereocenters. The van der Waals surface area contributed by atoms with Crippen LogP contribution in [0.2, 0.25) is 0 Å². The third-order valence-corrected chi connectivity index (χ3v) is 3.31. The number of nitrogens with zero attached hydrogens (tertiary/aromatic N) is 2. The molecular formula is C15H19F2N3O. The number of aromatic nitrogens is 2. The SMILES string of the molecule is CCCNC(c1ccc(F)cc1F)c1c(OC)cnn1C. The topological polar surface area (TPSA) is 39.1 Å². The second-order valence-electron chi connectivity index (χ2n) is 4.77. The molecule has 6 heteroatoms. The van der Waals surface area contributed by atoms with Gasteiger partial charge < -0.3 is 10.1 Å². The van der Waals surface area contributed by atoms with Crippen LogP contribution in [0.3, 0.4) is 0 Å². The largest absolute Gasteiger partial charge is 0.493 e. The van der Waals surface area contributed by atoms with E-state index in [-0.39, 0.29) is 0 Å². The van der Waals surface area contributed by atoms with Gasteiger partial charge in [-0.25, -0.2) is 8.78 Å². The predicted octanol–water partition coefficient (Wildman–Crippen LogP) is 2.80. The van der Waals surface area contributed by atoms with Gasteiger partial charge in [-0.05, 0) is 19.0 Å². The Bertz CT molecular complexity index is 613. The smallest absolute Gasteiger partial charge is 0.161 e. The maximum atomic E-state index is 14.1. The fraction of sp³-hybridized carbons (Fsp3) is 0.400. The molecule has 0 fully saturated rings. The van der Waals surface area contributed by atoms with Crippen molar-refractivity contribution in [3.05, 3.63) is 47.3 Å². The first-order valence-corrected chi connectivity index (χ1v) is 6.82. The Labute approximate surface area is 122 Å². The number of hydrogen-bond acceptors (Lipinski definition) is 3. The van der Waals surface area contributed by atoms with Crippen LogP contribution >= 0.6 is 0 Å². The molecule has 1 aromatic carbocycles. The molecular weight excluding hydrogens is 276 g/mol. The first-order chi connectivity index (χ1) is 10.1. The maximum absolute atomic E-state index is 14.1. The van der Waals surface area contributed by atoms with Gasteiger partial charge in [-0.1, -0.05) is 13.0 Å². The molecule has 0 aliphatic heterocycles. The molecule has 2 aromatic rings. The highest BCUT2D eigenvalue weighted by Crippen LogP contribution is 2.31. The van der Waals surface area contributed by atoms with Crippen LogP contribution in [-0.4, -0.2) is 23.4 Å². The molecule has 0 saturated carbocycles. The van der Waals surface area contributed by atoms with Crippen LogP contribution in [0.15, 0.2) is 24.4 Å². The molecule has 21 heavy (non-hydrogen) atoms. The van der Waals surface area contributed by atoms with Crippen molar-refractivity contribution < 1.29 is 13.5 Å². The summed E-state index contributed by atoms with van der Waals surface area (Å²) in [5, 5.41) is 7.40. The van der Waals surface area contributed by atoms with Crippen LogP contribution in [-0.2, 0) is 7.05 Å². The second-order valence-corrected chi connectivity index (χ2v) is 4.77. The zero-order chi connectivity index (χ0) is 15.4. The summed E-state index contributed by atoms with van der Waals surface area (Å²) < 4.78 is 34.2. The normalized spacial score (nSPS) is 12.4. The first kappa shape index (κ1) is 15.4. The Balaban J connectivity index is 2.49. The molecule has 2 rings (SSSR count). The number of ether oxygens (including phenoxy) is 1. The molecule has 0 aliphatic rings. The van der Waals surface area contributed by atoms with Crippen LogP contribution in [0.1, 0.15) is 30.6 Å². The van der Waals surface area contributed by atoms with E-state index in [1.165, 1.54) is 12.1 Å². The number of rotatable bonds is 6. The van der Waals surface area contributed by atoms with Crippen molar-refractivity contribution in [1.29, 1.82) is 0 Å². The summed E-state index contributed by atoms with van der Waals surface area (Å²) in [6.45, 7) is 2.71. The van der Waals surface area contributed by atoms with Crippen LogP contribution < -0.4 is 10.1 Å². The molecule has 0 saturated heterocycles. The highest BCUT2D eigenvalue weighted by molar-refractivity contribution is 5.37. The van der Waals surface area contributed by atoms with E-state index in [1.807, 2.05) is 6.92 Å². The maximum Gasteiger partial charge on any atom is 0.161 e. The van der Waals surface area contributed by atoms with Gasteiger partial charge >= 0.3 is 0 Å². The average Bonchev–Trinajstić information content (AvgIpc) is 2.82. The zero-order valence-corrected chi connectivity index (χ0v) is 12.4. The van der Waals surface area contributed by atoms with Crippen molar-refractivity contribution in [3.8, 4) is 5.75 Å². The lowest BCUT2D eigenvalue weighted by Crippen LogP contribution is -2.26. The van der Waals surface area contributed by atoms with E-state index in [0.717, 1.165) is 12.5 Å². The van der Waals surface area contributed by atoms with Crippen LogP contribution in [0.4, 0.5) is 8.78 Å². The lowest BCUT2D eigenvalue weighted by atomic mass is 10.0. The Morgan fingerprint density at radius 3 is 2.76 bits per heavy atom. The number of aryl methyl sites for hydroxylation is 1. The number of nitrogens with one attached hydrogen (secondary N) is 1. The molecule has 114 valence electrons. The molecule has 1 N–H and O–H groups in total. The highest BCUT2D eigenvalue weighted by Gasteiger charge is 2.24. The van der Waals surface area contributed by atoms with E-state index in [9.17, 15) is 8.78 Å². The molecule has 0 bridgehead atoms. The van der Waals surface area contributed by atoms with E-state index >= 15 is 0 Å². The van der Waals surface area contributed by atoms with Gasteiger partial charge in [-0.3, -0.25) is 4.68 Å². The average molecular weight is 295 g/mol. The van der Waals surface area contributed by atoms with Gasteiger partial charge in [0.25, 0.3) is 0 Å². The molecule has 0 radical (unpaired) electrons. The quantitative estimate of drug-likeness (QED) is 0.890. The lowest BCUT2D eigenvalue weighted by Gasteiger charge is -2.21. The van der Waals surface area contributed by atoms with Gasteiger partial charge in [0.15, 0.2) is 5.75 Å². The Morgan fingerprint density at radius 2 is 2.14 bits per heavy atom. The Kier molecular flexibility index (Phi) is 4.90. The monoisotopic (exact) mass is 295 g/mol. The molecule has 1 heterocycles. The summed E-state index contributed by atoms with van der Waals surface area (Å²) in [5.74, 6) is -0.621. The van der Waals surface area contributed by atoms with Crippen molar-refractivity contribution in [3.63, 3.8) is 0 Å². The van der Waals surface area contributed by atoms with E-state index < -0.39 is 17.7 Å². The standard InChI is InChI=1S/C15H19F2N3O/c1-4-7-18-14(11-6-5-10(16)8-12(11)17)15-13(21-3)9-19-20(15)2/h5-6,8-9,14,18H,4,7H2,1-3H3. The number of methoxy groups -OCH3 is 1. The Hall–Kier alpha value is -1.95. The van der Waals surface area contributed by atoms with Crippen molar-refractivity contribution in [2.24, 2.45) is 7.05 Å². The van der Waals surface area contributed by atoms with Gasteiger partial charge in [-0.15, -0.1) is 0 Å². The number of hydrogen-bond donors (Lipinski definition) is 1. The van der Waals surface area contributed by atoms with Crippen molar-refractivity contribution >= 4 is 0 Å². The van der Waals surface area contributed by atoms with Crippen molar-refractivity contribution in [1.82, 2.24) is 15.1 Å². The fourth-order valence-electron chi connectivity index (χ4n) is 2.29. The third-order valence-electron chi connectivity index (χ3n) is 3.31.